The van der Waals surface area contributed by atoms with Gasteiger partial charge in [0.2, 0.25) is 0 Å². The Labute approximate surface area is 138 Å². The molecule has 0 aliphatic heterocycles. The van der Waals surface area contributed by atoms with Crippen LogP contribution in [0, 0.1) is 11.8 Å². The number of hydrogen-bond donors (Lipinski definition) is 0. The van der Waals surface area contributed by atoms with Crippen LogP contribution in [0.25, 0.3) is 0 Å². The smallest absolute Gasteiger partial charge is 0.0245 e. The molecule has 0 aromatic heterocycles. The van der Waals surface area contributed by atoms with E-state index >= 15 is 0 Å². The molecule has 0 amide bonds. The van der Waals surface area contributed by atoms with E-state index in [1.54, 1.807) is 0 Å². The average Bonchev–Trinajstić information content (AvgIpc) is 2.49. The van der Waals surface area contributed by atoms with Crippen LogP contribution in [0.4, 0.5) is 0 Å². The summed E-state index contributed by atoms with van der Waals surface area (Å²) in [5, 5.41) is 0. The first kappa shape index (κ1) is 18.8. The van der Waals surface area contributed by atoms with E-state index in [2.05, 4.69) is 63.8 Å². The van der Waals surface area contributed by atoms with Gasteiger partial charge in [0.15, 0.2) is 0 Å². The molecule has 122 valence electrons. The molecule has 0 N–H and O–H groups in total. The van der Waals surface area contributed by atoms with Gasteiger partial charge >= 0.3 is 0 Å². The highest BCUT2D eigenvalue weighted by Crippen LogP contribution is 2.21. The van der Waals surface area contributed by atoms with E-state index in [-0.39, 0.29) is 5.41 Å². The topological polar surface area (TPSA) is 0 Å². The molecule has 1 aromatic carbocycles. The number of benzene rings is 1. The maximum atomic E-state index is 3.32. The normalized spacial score (nSPS) is 11.1. The third-order valence-electron chi connectivity index (χ3n) is 4.14. The predicted octanol–water partition coefficient (Wildman–Crippen LogP) is 6.87. The van der Waals surface area contributed by atoms with Crippen LogP contribution in [-0.4, -0.2) is 0 Å². The largest absolute Gasteiger partial charge is 0.0979 e. The summed E-state index contributed by atoms with van der Waals surface area (Å²) in [6, 6.07) is 8.73. The SMILES string of the molecule is CCCCCCCCCCC#Cc1ccc(C(C)(C)C)cc1. The minimum Gasteiger partial charge on any atom is -0.0979 e. The molecule has 0 aliphatic rings. The first-order valence-corrected chi connectivity index (χ1v) is 9.13. The predicted molar refractivity (Wildman–Crippen MR) is 99.2 cm³/mol. The van der Waals surface area contributed by atoms with Crippen LogP contribution in [0.1, 0.15) is 96.6 Å². The molecule has 1 rings (SSSR count). The molecule has 0 saturated carbocycles. The van der Waals surface area contributed by atoms with Gasteiger partial charge < -0.3 is 0 Å². The third-order valence-corrected chi connectivity index (χ3v) is 4.14. The fourth-order valence-electron chi connectivity index (χ4n) is 2.57. The fraction of sp³-hybridized carbons (Fsp3) is 0.636. The summed E-state index contributed by atoms with van der Waals surface area (Å²) in [6.45, 7) is 9.01. The van der Waals surface area contributed by atoms with E-state index < -0.39 is 0 Å². The quantitative estimate of drug-likeness (QED) is 0.363. The Morgan fingerprint density at radius 3 is 1.86 bits per heavy atom. The zero-order chi connectivity index (χ0) is 16.3. The number of unbranched alkanes of at least 4 members (excludes halogenated alkanes) is 8. The number of hydrogen-bond acceptors (Lipinski definition) is 0. The van der Waals surface area contributed by atoms with Gasteiger partial charge in [0, 0.05) is 12.0 Å². The summed E-state index contributed by atoms with van der Waals surface area (Å²) in [6.07, 6.45) is 12.0. The first-order valence-electron chi connectivity index (χ1n) is 9.13. The van der Waals surface area contributed by atoms with Crippen LogP contribution >= 0.6 is 0 Å². The Morgan fingerprint density at radius 2 is 1.32 bits per heavy atom. The summed E-state index contributed by atoms with van der Waals surface area (Å²) in [4.78, 5) is 0. The zero-order valence-electron chi connectivity index (χ0n) is 15.2. The summed E-state index contributed by atoms with van der Waals surface area (Å²) in [7, 11) is 0. The van der Waals surface area contributed by atoms with E-state index in [1.807, 2.05) is 0 Å². The highest BCUT2D eigenvalue weighted by atomic mass is 14.2. The molecule has 1 aromatic rings. The average molecular weight is 299 g/mol. The van der Waals surface area contributed by atoms with Crippen LogP contribution < -0.4 is 0 Å². The minimum atomic E-state index is 0.225. The van der Waals surface area contributed by atoms with Gasteiger partial charge in [-0.25, -0.2) is 0 Å². The van der Waals surface area contributed by atoms with Crippen molar-refractivity contribution in [1.82, 2.24) is 0 Å². The Kier molecular flexibility index (Phi) is 8.98. The van der Waals surface area contributed by atoms with Crippen molar-refractivity contribution in [3.05, 3.63) is 35.4 Å². The maximum Gasteiger partial charge on any atom is 0.0245 e. The summed E-state index contributed by atoms with van der Waals surface area (Å²) in [5.41, 5.74) is 2.75. The molecule has 0 radical (unpaired) electrons. The van der Waals surface area contributed by atoms with E-state index in [9.17, 15) is 0 Å². The second-order valence-electron chi connectivity index (χ2n) is 7.35. The summed E-state index contributed by atoms with van der Waals surface area (Å²) in [5.74, 6) is 6.61. The van der Waals surface area contributed by atoms with Gasteiger partial charge in [-0.3, -0.25) is 0 Å². The van der Waals surface area contributed by atoms with E-state index in [0.29, 0.717) is 0 Å². The van der Waals surface area contributed by atoms with Gasteiger partial charge in [-0.1, -0.05) is 96.6 Å². The molecule has 0 fully saturated rings. The van der Waals surface area contributed by atoms with E-state index in [1.165, 1.54) is 56.9 Å². The van der Waals surface area contributed by atoms with Crippen LogP contribution in [0.15, 0.2) is 24.3 Å². The molecular weight excluding hydrogens is 264 g/mol. The van der Waals surface area contributed by atoms with Crippen molar-refractivity contribution in [3.8, 4) is 11.8 Å². The molecule has 0 atom stereocenters. The van der Waals surface area contributed by atoms with E-state index in [4.69, 9.17) is 0 Å². The van der Waals surface area contributed by atoms with Crippen molar-refractivity contribution < 1.29 is 0 Å². The Balaban J connectivity index is 2.17. The molecule has 22 heavy (non-hydrogen) atoms. The monoisotopic (exact) mass is 298 g/mol. The van der Waals surface area contributed by atoms with Gasteiger partial charge in [-0.15, -0.1) is 0 Å². The maximum absolute atomic E-state index is 3.32. The number of rotatable bonds is 8. The van der Waals surface area contributed by atoms with Crippen molar-refractivity contribution in [2.24, 2.45) is 0 Å². The third kappa shape index (κ3) is 8.28. The van der Waals surface area contributed by atoms with Crippen LogP contribution in [-0.2, 0) is 5.41 Å². The van der Waals surface area contributed by atoms with Crippen molar-refractivity contribution in [3.63, 3.8) is 0 Å². The molecular formula is C22H34. The lowest BCUT2D eigenvalue weighted by atomic mass is 9.87. The molecule has 0 unspecified atom stereocenters. The summed E-state index contributed by atoms with van der Waals surface area (Å²) < 4.78 is 0. The zero-order valence-corrected chi connectivity index (χ0v) is 15.2. The van der Waals surface area contributed by atoms with Gasteiger partial charge in [-0.05, 0) is 29.5 Å². The van der Waals surface area contributed by atoms with Crippen molar-refractivity contribution in [2.75, 3.05) is 0 Å². The van der Waals surface area contributed by atoms with Crippen LogP contribution in [0.5, 0.6) is 0 Å². The van der Waals surface area contributed by atoms with Gasteiger partial charge in [0.1, 0.15) is 0 Å². The Bertz CT molecular complexity index is 448. The van der Waals surface area contributed by atoms with Crippen LogP contribution in [0.2, 0.25) is 0 Å². The summed E-state index contributed by atoms with van der Waals surface area (Å²) >= 11 is 0. The lowest BCUT2D eigenvalue weighted by Crippen LogP contribution is -2.10. The van der Waals surface area contributed by atoms with Crippen molar-refractivity contribution >= 4 is 0 Å². The van der Waals surface area contributed by atoms with Gasteiger partial charge in [0.25, 0.3) is 0 Å². The molecule has 0 heteroatoms. The van der Waals surface area contributed by atoms with E-state index in [0.717, 1.165) is 12.0 Å². The second kappa shape index (κ2) is 10.5. The lowest BCUT2D eigenvalue weighted by Gasteiger charge is -2.18. The second-order valence-corrected chi connectivity index (χ2v) is 7.35. The highest BCUT2D eigenvalue weighted by Gasteiger charge is 2.12. The standard InChI is InChI=1S/C22H34/c1-5-6-7-8-9-10-11-12-13-14-15-20-16-18-21(19-17-20)22(2,3)4/h16-19H,5-13H2,1-4H3. The first-order chi connectivity index (χ1) is 10.5. The Hall–Kier alpha value is -1.22. The molecule has 0 bridgehead atoms. The lowest BCUT2D eigenvalue weighted by molar-refractivity contribution is 0.579. The molecule has 0 aliphatic carbocycles. The van der Waals surface area contributed by atoms with Crippen molar-refractivity contribution in [1.29, 1.82) is 0 Å². The van der Waals surface area contributed by atoms with Crippen molar-refractivity contribution in [2.45, 2.75) is 90.9 Å². The van der Waals surface area contributed by atoms with Gasteiger partial charge in [0.05, 0.1) is 0 Å². The van der Waals surface area contributed by atoms with Crippen LogP contribution in [0.3, 0.4) is 0 Å². The molecule has 0 saturated heterocycles. The fourth-order valence-corrected chi connectivity index (χ4v) is 2.57. The van der Waals surface area contributed by atoms with Gasteiger partial charge in [-0.2, -0.15) is 0 Å². The molecule has 0 nitrogen and oxygen atoms in total. The highest BCUT2D eigenvalue weighted by molar-refractivity contribution is 5.37. The molecule has 0 spiro atoms. The Morgan fingerprint density at radius 1 is 0.773 bits per heavy atom. The minimum absolute atomic E-state index is 0.225. The molecule has 0 heterocycles.